The third-order valence-corrected chi connectivity index (χ3v) is 3.49. The first-order valence-corrected chi connectivity index (χ1v) is 7.29. The van der Waals surface area contributed by atoms with Gasteiger partial charge in [-0.15, -0.1) is 0 Å². The van der Waals surface area contributed by atoms with Gasteiger partial charge in [0.15, 0.2) is 0 Å². The molecule has 2 aromatic carbocycles. The van der Waals surface area contributed by atoms with Gasteiger partial charge in [0.1, 0.15) is 0 Å². The van der Waals surface area contributed by atoms with Gasteiger partial charge >= 0.3 is 0 Å². The van der Waals surface area contributed by atoms with Gasteiger partial charge in [0.2, 0.25) is 5.91 Å². The van der Waals surface area contributed by atoms with E-state index in [1.54, 1.807) is 18.2 Å². The van der Waals surface area contributed by atoms with Crippen LogP contribution in [-0.2, 0) is 11.3 Å². The lowest BCUT2D eigenvalue weighted by molar-refractivity contribution is -0.120. The summed E-state index contributed by atoms with van der Waals surface area (Å²) in [5.74, 6) is -0.530. The van der Waals surface area contributed by atoms with Crippen LogP contribution in [0.4, 0.5) is 0 Å². The van der Waals surface area contributed by atoms with Gasteiger partial charge in [-0.05, 0) is 30.7 Å². The van der Waals surface area contributed by atoms with E-state index < -0.39 is 0 Å². The Morgan fingerprint density at radius 3 is 2.55 bits per heavy atom. The van der Waals surface area contributed by atoms with E-state index in [2.05, 4.69) is 10.6 Å². The Hall–Kier alpha value is -2.33. The van der Waals surface area contributed by atoms with E-state index in [0.717, 1.165) is 11.1 Å². The summed E-state index contributed by atoms with van der Waals surface area (Å²) >= 11 is 6.01. The number of aryl methyl sites for hydroxylation is 1. The van der Waals surface area contributed by atoms with E-state index in [0.29, 0.717) is 17.1 Å². The first-order valence-electron chi connectivity index (χ1n) is 6.91. The summed E-state index contributed by atoms with van der Waals surface area (Å²) in [5, 5.41) is 5.92. The van der Waals surface area contributed by atoms with Crippen molar-refractivity contribution in [3.63, 3.8) is 0 Å². The second-order valence-electron chi connectivity index (χ2n) is 4.92. The largest absolute Gasteiger partial charge is 0.350 e. The standard InChI is InChI=1S/C17H17ClN2O2/c1-12-5-4-7-13(9-12)17(22)20-11-16(21)19-10-14-6-2-3-8-15(14)18/h2-9H,10-11H2,1H3,(H,19,21)(H,20,22). The molecule has 2 rings (SSSR count). The second-order valence-corrected chi connectivity index (χ2v) is 5.33. The van der Waals surface area contributed by atoms with E-state index >= 15 is 0 Å². The highest BCUT2D eigenvalue weighted by Gasteiger charge is 2.08. The van der Waals surface area contributed by atoms with Crippen molar-refractivity contribution in [2.24, 2.45) is 0 Å². The van der Waals surface area contributed by atoms with Crippen molar-refractivity contribution in [1.82, 2.24) is 10.6 Å². The third kappa shape index (κ3) is 4.60. The maximum absolute atomic E-state index is 11.9. The molecule has 0 fully saturated rings. The molecule has 0 bridgehead atoms. The number of amides is 2. The van der Waals surface area contributed by atoms with E-state index in [-0.39, 0.29) is 18.4 Å². The van der Waals surface area contributed by atoms with Crippen molar-refractivity contribution < 1.29 is 9.59 Å². The Kier molecular flexibility index (Phi) is 5.55. The van der Waals surface area contributed by atoms with E-state index in [1.807, 2.05) is 37.3 Å². The van der Waals surface area contributed by atoms with Crippen LogP contribution in [0.15, 0.2) is 48.5 Å². The summed E-state index contributed by atoms with van der Waals surface area (Å²) in [6, 6.07) is 14.5. The Labute approximate surface area is 134 Å². The van der Waals surface area contributed by atoms with Gasteiger partial charge in [-0.2, -0.15) is 0 Å². The highest BCUT2D eigenvalue weighted by Crippen LogP contribution is 2.14. The summed E-state index contributed by atoms with van der Waals surface area (Å²) in [5.41, 5.74) is 2.37. The molecule has 2 aromatic rings. The minimum absolute atomic E-state index is 0.0722. The van der Waals surface area contributed by atoms with Crippen LogP contribution in [0.2, 0.25) is 5.02 Å². The van der Waals surface area contributed by atoms with Crippen molar-refractivity contribution in [2.75, 3.05) is 6.54 Å². The molecule has 2 N–H and O–H groups in total. The molecule has 0 unspecified atom stereocenters. The molecular weight excluding hydrogens is 300 g/mol. The molecular formula is C17H17ClN2O2. The Morgan fingerprint density at radius 2 is 1.82 bits per heavy atom. The molecule has 0 heterocycles. The monoisotopic (exact) mass is 316 g/mol. The quantitative estimate of drug-likeness (QED) is 0.891. The van der Waals surface area contributed by atoms with E-state index in [1.165, 1.54) is 0 Å². The molecule has 0 radical (unpaired) electrons. The molecule has 0 spiro atoms. The molecule has 0 aliphatic rings. The molecule has 0 aliphatic carbocycles. The SMILES string of the molecule is Cc1cccc(C(=O)NCC(=O)NCc2ccccc2Cl)c1. The molecule has 4 nitrogen and oxygen atoms in total. The van der Waals surface area contributed by atoms with Gasteiger partial charge in [-0.1, -0.05) is 47.5 Å². The van der Waals surface area contributed by atoms with Gasteiger partial charge in [-0.3, -0.25) is 9.59 Å². The minimum atomic E-state index is -0.267. The predicted octanol–water partition coefficient (Wildman–Crippen LogP) is 2.69. The van der Waals surface area contributed by atoms with Crippen molar-refractivity contribution >= 4 is 23.4 Å². The van der Waals surface area contributed by atoms with Gasteiger partial charge < -0.3 is 10.6 Å². The van der Waals surface area contributed by atoms with E-state index in [9.17, 15) is 9.59 Å². The average Bonchev–Trinajstić information content (AvgIpc) is 2.52. The zero-order valence-corrected chi connectivity index (χ0v) is 13.0. The molecule has 0 aromatic heterocycles. The fourth-order valence-electron chi connectivity index (χ4n) is 1.95. The second kappa shape index (κ2) is 7.61. The molecule has 2 amide bonds. The van der Waals surface area contributed by atoms with Crippen LogP contribution in [0.25, 0.3) is 0 Å². The van der Waals surface area contributed by atoms with Gasteiger partial charge in [-0.25, -0.2) is 0 Å². The zero-order chi connectivity index (χ0) is 15.9. The lowest BCUT2D eigenvalue weighted by Gasteiger charge is -2.08. The molecule has 0 atom stereocenters. The lowest BCUT2D eigenvalue weighted by atomic mass is 10.1. The number of nitrogens with one attached hydrogen (secondary N) is 2. The number of rotatable bonds is 5. The predicted molar refractivity (Wildman–Crippen MR) is 86.8 cm³/mol. The van der Waals surface area contributed by atoms with Crippen LogP contribution in [0, 0.1) is 6.92 Å². The zero-order valence-electron chi connectivity index (χ0n) is 12.2. The maximum Gasteiger partial charge on any atom is 0.251 e. The molecule has 0 saturated heterocycles. The number of carbonyl (C=O) groups is 2. The molecule has 0 saturated carbocycles. The van der Waals surface area contributed by atoms with E-state index in [4.69, 9.17) is 11.6 Å². The van der Waals surface area contributed by atoms with Crippen LogP contribution >= 0.6 is 11.6 Å². The molecule has 22 heavy (non-hydrogen) atoms. The summed E-state index contributed by atoms with van der Waals surface area (Å²) < 4.78 is 0. The van der Waals surface area contributed by atoms with Crippen LogP contribution in [0.3, 0.4) is 0 Å². The fraction of sp³-hybridized carbons (Fsp3) is 0.176. The van der Waals surface area contributed by atoms with Crippen LogP contribution in [0.1, 0.15) is 21.5 Å². The number of hydrogen-bond donors (Lipinski definition) is 2. The van der Waals surface area contributed by atoms with Crippen molar-refractivity contribution in [3.05, 3.63) is 70.2 Å². The van der Waals surface area contributed by atoms with Crippen LogP contribution in [0.5, 0.6) is 0 Å². The van der Waals surface area contributed by atoms with Crippen molar-refractivity contribution in [3.8, 4) is 0 Å². The molecule has 114 valence electrons. The summed E-state index contributed by atoms with van der Waals surface area (Å²) in [6.45, 7) is 2.17. The molecule has 5 heteroatoms. The highest BCUT2D eigenvalue weighted by atomic mass is 35.5. The first kappa shape index (κ1) is 16.0. The third-order valence-electron chi connectivity index (χ3n) is 3.12. The van der Waals surface area contributed by atoms with Crippen molar-refractivity contribution in [2.45, 2.75) is 13.5 Å². The average molecular weight is 317 g/mol. The Bertz CT molecular complexity index is 686. The summed E-state index contributed by atoms with van der Waals surface area (Å²) in [4.78, 5) is 23.7. The molecule has 0 aliphatic heterocycles. The minimum Gasteiger partial charge on any atom is -0.350 e. The van der Waals surface area contributed by atoms with Crippen molar-refractivity contribution in [1.29, 1.82) is 0 Å². The van der Waals surface area contributed by atoms with Crippen LogP contribution in [-0.4, -0.2) is 18.4 Å². The number of halogens is 1. The Morgan fingerprint density at radius 1 is 1.05 bits per heavy atom. The van der Waals surface area contributed by atoms with Gasteiger partial charge in [0.05, 0.1) is 6.54 Å². The van der Waals surface area contributed by atoms with Gasteiger partial charge in [0, 0.05) is 17.1 Å². The summed E-state index contributed by atoms with van der Waals surface area (Å²) in [7, 11) is 0. The summed E-state index contributed by atoms with van der Waals surface area (Å²) in [6.07, 6.45) is 0. The number of hydrogen-bond acceptors (Lipinski definition) is 2. The van der Waals surface area contributed by atoms with Gasteiger partial charge in [0.25, 0.3) is 5.91 Å². The first-order chi connectivity index (χ1) is 10.6. The number of carbonyl (C=O) groups excluding carboxylic acids is 2. The lowest BCUT2D eigenvalue weighted by Crippen LogP contribution is -2.36. The fourth-order valence-corrected chi connectivity index (χ4v) is 2.15. The topological polar surface area (TPSA) is 58.2 Å². The Balaban J connectivity index is 1.81. The smallest absolute Gasteiger partial charge is 0.251 e. The van der Waals surface area contributed by atoms with Crippen LogP contribution < -0.4 is 10.6 Å². The normalized spacial score (nSPS) is 10.1. The number of benzene rings is 2. The maximum atomic E-state index is 11.9. The highest BCUT2D eigenvalue weighted by molar-refractivity contribution is 6.31.